The summed E-state index contributed by atoms with van der Waals surface area (Å²) >= 11 is 0. The maximum Gasteiger partial charge on any atom is 0.230 e. The first-order chi connectivity index (χ1) is 6.79. The van der Waals surface area contributed by atoms with E-state index in [1.54, 1.807) is 4.90 Å². The molecule has 2 rings (SSSR count). The summed E-state index contributed by atoms with van der Waals surface area (Å²) < 4.78 is 0. The minimum atomic E-state index is 0.141. The van der Waals surface area contributed by atoms with Gasteiger partial charge in [0.05, 0.1) is 6.04 Å². The number of hydrogen-bond donors (Lipinski definition) is 0. The second-order valence-electron chi connectivity index (χ2n) is 3.48. The van der Waals surface area contributed by atoms with E-state index in [-0.39, 0.29) is 11.9 Å². The lowest BCUT2D eigenvalue weighted by Gasteiger charge is -2.22. The summed E-state index contributed by atoms with van der Waals surface area (Å²) in [6.45, 7) is 2.04. The Labute approximate surface area is 83.8 Å². The molecule has 0 spiro atoms. The van der Waals surface area contributed by atoms with Gasteiger partial charge in [-0.05, 0) is 12.5 Å². The van der Waals surface area contributed by atoms with E-state index in [1.165, 1.54) is 5.56 Å². The fourth-order valence-electron chi connectivity index (χ4n) is 1.69. The molecule has 72 valence electrons. The fourth-order valence-corrected chi connectivity index (χ4v) is 1.69. The third kappa shape index (κ3) is 1.55. The first-order valence-corrected chi connectivity index (χ1v) is 4.82. The molecule has 1 amide bonds. The lowest BCUT2D eigenvalue weighted by molar-refractivity contribution is -0.128. The predicted molar refractivity (Wildman–Crippen MR) is 55.5 cm³/mol. The largest absolute Gasteiger partial charge is 0.312 e. The smallest absolute Gasteiger partial charge is 0.230 e. The summed E-state index contributed by atoms with van der Waals surface area (Å²) in [5.41, 5.74) is 1.17. The maximum absolute atomic E-state index is 11.5. The van der Waals surface area contributed by atoms with Crippen LogP contribution in [0.2, 0.25) is 0 Å². The lowest BCUT2D eigenvalue weighted by atomic mass is 10.1. The van der Waals surface area contributed by atoms with Crippen molar-refractivity contribution in [2.24, 2.45) is 0 Å². The number of amides is 1. The molecule has 1 aliphatic heterocycles. The summed E-state index contributed by atoms with van der Waals surface area (Å²) in [7, 11) is 0. The Morgan fingerprint density at radius 1 is 1.29 bits per heavy atom. The highest BCUT2D eigenvalue weighted by molar-refractivity contribution is 5.81. The van der Waals surface area contributed by atoms with Gasteiger partial charge in [0.25, 0.3) is 0 Å². The summed E-state index contributed by atoms with van der Waals surface area (Å²) in [6, 6.07) is 10.2. The van der Waals surface area contributed by atoms with Crippen molar-refractivity contribution in [2.45, 2.75) is 19.4 Å². The molecular formula is C12H13NO. The van der Waals surface area contributed by atoms with E-state index in [0.29, 0.717) is 6.42 Å². The molecule has 1 aromatic rings. The molecule has 0 unspecified atom stereocenters. The number of rotatable bonds is 2. The predicted octanol–water partition coefficient (Wildman–Crippen LogP) is 2.49. The van der Waals surface area contributed by atoms with Crippen LogP contribution in [0.4, 0.5) is 0 Å². The number of carbonyl (C=O) groups is 1. The molecule has 14 heavy (non-hydrogen) atoms. The third-order valence-electron chi connectivity index (χ3n) is 2.55. The molecule has 0 radical (unpaired) electrons. The van der Waals surface area contributed by atoms with Crippen LogP contribution in [0.1, 0.15) is 24.9 Å². The van der Waals surface area contributed by atoms with Gasteiger partial charge in [-0.1, -0.05) is 36.4 Å². The van der Waals surface area contributed by atoms with Crippen molar-refractivity contribution in [1.82, 2.24) is 4.90 Å². The molecule has 1 atom stereocenters. The first kappa shape index (κ1) is 9.00. The van der Waals surface area contributed by atoms with E-state index in [2.05, 4.69) is 0 Å². The van der Waals surface area contributed by atoms with Crippen molar-refractivity contribution in [3.8, 4) is 0 Å². The van der Waals surface area contributed by atoms with Crippen LogP contribution in [0.15, 0.2) is 42.6 Å². The van der Waals surface area contributed by atoms with Gasteiger partial charge in [0.15, 0.2) is 0 Å². The molecule has 1 heterocycles. The Morgan fingerprint density at radius 3 is 2.57 bits per heavy atom. The Bertz CT molecular complexity index is 356. The maximum atomic E-state index is 11.5. The Kier molecular flexibility index (Phi) is 2.35. The van der Waals surface area contributed by atoms with Crippen LogP contribution in [0.3, 0.4) is 0 Å². The molecule has 0 saturated heterocycles. The van der Waals surface area contributed by atoms with E-state index in [1.807, 2.05) is 49.5 Å². The van der Waals surface area contributed by atoms with Gasteiger partial charge < -0.3 is 4.90 Å². The van der Waals surface area contributed by atoms with Crippen molar-refractivity contribution in [3.05, 3.63) is 48.2 Å². The minimum Gasteiger partial charge on any atom is -0.312 e. The van der Waals surface area contributed by atoms with E-state index in [9.17, 15) is 4.79 Å². The SMILES string of the molecule is C[C@H](c1ccccc1)N1C=CCC1=O. The van der Waals surface area contributed by atoms with Gasteiger partial charge in [0, 0.05) is 12.6 Å². The molecule has 0 fully saturated rings. The Hall–Kier alpha value is -1.57. The molecule has 1 aliphatic rings. The van der Waals surface area contributed by atoms with Crippen molar-refractivity contribution >= 4 is 5.91 Å². The second-order valence-corrected chi connectivity index (χ2v) is 3.48. The van der Waals surface area contributed by atoms with Crippen molar-refractivity contribution < 1.29 is 4.79 Å². The van der Waals surface area contributed by atoms with E-state index < -0.39 is 0 Å². The van der Waals surface area contributed by atoms with Gasteiger partial charge in [0.1, 0.15) is 0 Å². The van der Waals surface area contributed by atoms with Gasteiger partial charge >= 0.3 is 0 Å². The highest BCUT2D eigenvalue weighted by Crippen LogP contribution is 2.23. The molecule has 0 aliphatic carbocycles. The first-order valence-electron chi connectivity index (χ1n) is 4.82. The van der Waals surface area contributed by atoms with Crippen molar-refractivity contribution in [3.63, 3.8) is 0 Å². The van der Waals surface area contributed by atoms with Crippen LogP contribution in [-0.4, -0.2) is 10.8 Å². The highest BCUT2D eigenvalue weighted by Gasteiger charge is 2.21. The molecule has 0 N–H and O–H groups in total. The molecule has 0 aromatic heterocycles. The lowest BCUT2D eigenvalue weighted by Crippen LogP contribution is -2.24. The Morgan fingerprint density at radius 2 is 2.00 bits per heavy atom. The van der Waals surface area contributed by atoms with Crippen LogP contribution in [-0.2, 0) is 4.79 Å². The zero-order valence-corrected chi connectivity index (χ0v) is 8.18. The number of benzene rings is 1. The van der Waals surface area contributed by atoms with Crippen molar-refractivity contribution in [1.29, 1.82) is 0 Å². The van der Waals surface area contributed by atoms with Gasteiger partial charge in [-0.15, -0.1) is 0 Å². The summed E-state index contributed by atoms with van der Waals surface area (Å²) in [4.78, 5) is 13.2. The van der Waals surface area contributed by atoms with Gasteiger partial charge in [0.2, 0.25) is 5.91 Å². The number of hydrogen-bond acceptors (Lipinski definition) is 1. The number of carbonyl (C=O) groups excluding carboxylic acids is 1. The molecular weight excluding hydrogens is 174 g/mol. The molecule has 1 aromatic carbocycles. The quantitative estimate of drug-likeness (QED) is 0.696. The van der Waals surface area contributed by atoms with Crippen LogP contribution in [0, 0.1) is 0 Å². The zero-order chi connectivity index (χ0) is 9.97. The topological polar surface area (TPSA) is 20.3 Å². The van der Waals surface area contributed by atoms with Gasteiger partial charge in [-0.3, -0.25) is 4.79 Å². The van der Waals surface area contributed by atoms with Crippen LogP contribution < -0.4 is 0 Å². The summed E-state index contributed by atoms with van der Waals surface area (Å²) in [5, 5.41) is 0. The fraction of sp³-hybridized carbons (Fsp3) is 0.250. The van der Waals surface area contributed by atoms with Crippen molar-refractivity contribution in [2.75, 3.05) is 0 Å². The van der Waals surface area contributed by atoms with Crippen LogP contribution in [0.5, 0.6) is 0 Å². The third-order valence-corrected chi connectivity index (χ3v) is 2.55. The van der Waals surface area contributed by atoms with E-state index in [4.69, 9.17) is 0 Å². The highest BCUT2D eigenvalue weighted by atomic mass is 16.2. The molecule has 0 saturated carbocycles. The van der Waals surface area contributed by atoms with Crippen LogP contribution in [0.25, 0.3) is 0 Å². The molecule has 2 heteroatoms. The van der Waals surface area contributed by atoms with Gasteiger partial charge in [-0.25, -0.2) is 0 Å². The van der Waals surface area contributed by atoms with Crippen LogP contribution >= 0.6 is 0 Å². The number of nitrogens with zero attached hydrogens (tertiary/aromatic N) is 1. The minimum absolute atomic E-state index is 0.141. The zero-order valence-electron chi connectivity index (χ0n) is 8.18. The van der Waals surface area contributed by atoms with Gasteiger partial charge in [-0.2, -0.15) is 0 Å². The summed E-state index contributed by atoms with van der Waals surface area (Å²) in [5.74, 6) is 0.182. The average Bonchev–Trinajstić information content (AvgIpc) is 2.65. The normalized spacial score (nSPS) is 17.5. The van der Waals surface area contributed by atoms with E-state index in [0.717, 1.165) is 0 Å². The standard InChI is InChI=1S/C12H13NO/c1-10(11-6-3-2-4-7-11)13-9-5-8-12(13)14/h2-7,9-10H,8H2,1H3/t10-/m1/s1. The Balaban J connectivity index is 2.20. The molecule has 2 nitrogen and oxygen atoms in total. The van der Waals surface area contributed by atoms with E-state index >= 15 is 0 Å². The average molecular weight is 187 g/mol. The monoisotopic (exact) mass is 187 g/mol. The molecule has 0 bridgehead atoms. The second kappa shape index (κ2) is 3.66. The summed E-state index contributed by atoms with van der Waals surface area (Å²) in [6.07, 6.45) is 4.32.